The number of carbonyl (C=O) groups excluding carboxylic acids is 2. The van der Waals surface area contributed by atoms with E-state index in [4.69, 9.17) is 37.5 Å². The third kappa shape index (κ3) is 2.30. The van der Waals surface area contributed by atoms with Crippen LogP contribution in [0.5, 0.6) is 11.5 Å². The van der Waals surface area contributed by atoms with Crippen molar-refractivity contribution in [3.63, 3.8) is 0 Å². The lowest BCUT2D eigenvalue weighted by atomic mass is 9.71. The van der Waals surface area contributed by atoms with Gasteiger partial charge in [0.1, 0.15) is 6.10 Å². The molecule has 6 atom stereocenters. The predicted molar refractivity (Wildman–Crippen MR) is 115 cm³/mol. The van der Waals surface area contributed by atoms with Gasteiger partial charge in [-0.3, -0.25) is 9.59 Å². The van der Waals surface area contributed by atoms with E-state index in [-0.39, 0.29) is 42.5 Å². The van der Waals surface area contributed by atoms with Crippen LogP contribution < -0.4 is 14.4 Å². The molecule has 5 aliphatic rings. The van der Waals surface area contributed by atoms with Crippen LogP contribution in [0.1, 0.15) is 12.0 Å². The van der Waals surface area contributed by atoms with E-state index < -0.39 is 11.8 Å². The first-order chi connectivity index (χ1) is 15.5. The number of imide groups is 1. The molecule has 162 valence electrons. The van der Waals surface area contributed by atoms with E-state index >= 15 is 0 Å². The summed E-state index contributed by atoms with van der Waals surface area (Å²) in [4.78, 5) is 34.1. The minimum Gasteiger partial charge on any atom is -0.454 e. The summed E-state index contributed by atoms with van der Waals surface area (Å²) in [6.07, 6.45) is 0.540. The van der Waals surface area contributed by atoms with E-state index in [2.05, 4.69) is 5.16 Å². The molecule has 2 saturated carbocycles. The molecule has 2 bridgehead atoms. The minimum atomic E-state index is -0.394. The first kappa shape index (κ1) is 18.8. The summed E-state index contributed by atoms with van der Waals surface area (Å²) in [7, 11) is 0. The molecule has 3 fully saturated rings. The number of halogens is 2. The van der Waals surface area contributed by atoms with E-state index in [0.717, 1.165) is 17.7 Å². The van der Waals surface area contributed by atoms with Gasteiger partial charge in [-0.15, -0.1) is 0 Å². The maximum Gasteiger partial charge on any atom is 0.238 e. The predicted octanol–water partition coefficient (Wildman–Crippen LogP) is 3.90. The molecule has 2 amide bonds. The molecule has 0 unspecified atom stereocenters. The van der Waals surface area contributed by atoms with Crippen molar-refractivity contribution in [2.24, 2.45) is 34.7 Å². The van der Waals surface area contributed by atoms with Crippen LogP contribution in [0.15, 0.2) is 41.6 Å². The lowest BCUT2D eigenvalue weighted by molar-refractivity contribution is -0.125. The lowest BCUT2D eigenvalue weighted by Crippen LogP contribution is -2.41. The largest absolute Gasteiger partial charge is 0.454 e. The Morgan fingerprint density at radius 2 is 1.69 bits per heavy atom. The molecule has 0 N–H and O–H groups in total. The molecule has 0 spiro atoms. The molecule has 9 heteroatoms. The lowest BCUT2D eigenvalue weighted by Gasteiger charge is -2.30. The maximum atomic E-state index is 13.5. The minimum absolute atomic E-state index is 0.0292. The van der Waals surface area contributed by atoms with Crippen molar-refractivity contribution in [1.82, 2.24) is 0 Å². The number of fused-ring (bicyclic) bond motifs is 9. The van der Waals surface area contributed by atoms with Gasteiger partial charge in [0.05, 0.1) is 28.3 Å². The number of nitrogens with zero attached hydrogens (tertiary/aromatic N) is 2. The fourth-order valence-corrected chi connectivity index (χ4v) is 6.83. The number of hydrogen-bond donors (Lipinski definition) is 0. The summed E-state index contributed by atoms with van der Waals surface area (Å²) in [5.41, 5.74) is 2.01. The van der Waals surface area contributed by atoms with E-state index in [0.29, 0.717) is 27.2 Å². The van der Waals surface area contributed by atoms with Crippen molar-refractivity contribution >= 4 is 46.4 Å². The molecule has 1 saturated heterocycles. The Balaban J connectivity index is 1.24. The quantitative estimate of drug-likeness (QED) is 0.622. The van der Waals surface area contributed by atoms with Crippen LogP contribution in [-0.2, 0) is 14.4 Å². The highest BCUT2D eigenvalue weighted by atomic mass is 35.5. The van der Waals surface area contributed by atoms with Gasteiger partial charge in [0.25, 0.3) is 0 Å². The second-order valence-electron chi connectivity index (χ2n) is 8.86. The van der Waals surface area contributed by atoms with Gasteiger partial charge >= 0.3 is 0 Å². The van der Waals surface area contributed by atoms with Gasteiger partial charge in [0, 0.05) is 28.5 Å². The highest BCUT2D eigenvalue weighted by Crippen LogP contribution is 2.62. The number of carbonyl (C=O) groups is 2. The fraction of sp³-hybridized carbons (Fsp3) is 0.348. The van der Waals surface area contributed by atoms with Gasteiger partial charge in [-0.05, 0) is 36.6 Å². The van der Waals surface area contributed by atoms with Gasteiger partial charge in [-0.2, -0.15) is 0 Å². The summed E-state index contributed by atoms with van der Waals surface area (Å²) < 4.78 is 10.8. The summed E-state index contributed by atoms with van der Waals surface area (Å²) in [5.74, 6) is -0.146. The highest BCUT2D eigenvalue weighted by molar-refractivity contribution is 6.37. The molecular formula is C23H16Cl2N2O5. The summed E-state index contributed by atoms with van der Waals surface area (Å²) in [5, 5.41) is 5.37. The van der Waals surface area contributed by atoms with Crippen LogP contribution in [0, 0.1) is 29.6 Å². The summed E-state index contributed by atoms with van der Waals surface area (Å²) in [6, 6.07) is 10.4. The molecule has 2 aromatic carbocycles. The smallest absolute Gasteiger partial charge is 0.238 e. The Morgan fingerprint density at radius 3 is 2.50 bits per heavy atom. The van der Waals surface area contributed by atoms with E-state index in [9.17, 15) is 9.59 Å². The number of hydrogen-bond acceptors (Lipinski definition) is 6. The maximum absolute atomic E-state index is 13.5. The van der Waals surface area contributed by atoms with Gasteiger partial charge in [0.15, 0.2) is 11.5 Å². The van der Waals surface area contributed by atoms with Crippen LogP contribution in [-0.4, -0.2) is 30.4 Å². The molecular weight excluding hydrogens is 455 g/mol. The normalized spacial score (nSPS) is 33.4. The molecule has 0 radical (unpaired) electrons. The zero-order valence-electron chi connectivity index (χ0n) is 16.5. The van der Waals surface area contributed by atoms with E-state index in [1.165, 1.54) is 4.90 Å². The van der Waals surface area contributed by atoms with Crippen molar-refractivity contribution in [2.45, 2.75) is 12.5 Å². The molecule has 32 heavy (non-hydrogen) atoms. The summed E-state index contributed by atoms with van der Waals surface area (Å²) >= 11 is 12.5. The molecule has 7 rings (SSSR count). The molecule has 2 aliphatic carbocycles. The second kappa shape index (κ2) is 6.39. The average molecular weight is 471 g/mol. The van der Waals surface area contributed by atoms with Gasteiger partial charge in [-0.1, -0.05) is 34.4 Å². The monoisotopic (exact) mass is 470 g/mol. The fourth-order valence-electron chi connectivity index (χ4n) is 6.32. The first-order valence-corrected chi connectivity index (χ1v) is 11.2. The zero-order chi connectivity index (χ0) is 21.7. The molecule has 3 aliphatic heterocycles. The van der Waals surface area contributed by atoms with Crippen LogP contribution in [0.2, 0.25) is 10.0 Å². The van der Waals surface area contributed by atoms with Crippen molar-refractivity contribution in [2.75, 3.05) is 11.7 Å². The number of benzene rings is 2. The van der Waals surface area contributed by atoms with E-state index in [1.807, 2.05) is 6.07 Å². The third-order valence-corrected chi connectivity index (χ3v) is 8.06. The van der Waals surface area contributed by atoms with Gasteiger partial charge in [-0.25, -0.2) is 4.90 Å². The summed E-state index contributed by atoms with van der Waals surface area (Å²) in [6.45, 7) is 0.131. The number of amides is 2. The second-order valence-corrected chi connectivity index (χ2v) is 9.70. The average Bonchev–Trinajstić information content (AvgIpc) is 3.55. The Hall–Kier alpha value is -2.77. The zero-order valence-corrected chi connectivity index (χ0v) is 18.0. The standard InChI is InChI=1S/C23H16Cl2N2O5/c24-9-1-3-11(14(25)5-9)20-19-12-7-13(21(19)32-26-20)18-17(12)22(28)27(23(18)29)10-2-4-15-16(6-10)31-8-30-15/h1-6,12-13,17-19,21H,7-8H2/t12-,13+,17+,18-,19+,21+/m1/s1. The van der Waals surface area contributed by atoms with Crippen molar-refractivity contribution in [1.29, 1.82) is 0 Å². The Morgan fingerprint density at radius 1 is 0.906 bits per heavy atom. The Labute approximate surface area is 192 Å². The van der Waals surface area contributed by atoms with Crippen LogP contribution in [0.25, 0.3) is 0 Å². The third-order valence-electron chi connectivity index (χ3n) is 7.51. The molecule has 7 nitrogen and oxygen atoms in total. The van der Waals surface area contributed by atoms with Crippen molar-refractivity contribution in [3.05, 3.63) is 52.0 Å². The van der Waals surface area contributed by atoms with Gasteiger partial charge < -0.3 is 14.3 Å². The number of oxime groups is 1. The Bertz CT molecular complexity index is 1250. The van der Waals surface area contributed by atoms with Crippen molar-refractivity contribution in [3.8, 4) is 11.5 Å². The van der Waals surface area contributed by atoms with Gasteiger partial charge in [0.2, 0.25) is 18.6 Å². The Kier molecular flexibility index (Phi) is 3.75. The number of ether oxygens (including phenoxy) is 2. The molecule has 0 aromatic heterocycles. The number of rotatable bonds is 2. The SMILES string of the molecule is O=C1[C@@H]2[C@@H]3C[C@@H]([C@H]4C(c5ccc(Cl)cc5Cl)=NO[C@@H]34)[C@@H]2C(=O)N1c1ccc2c(c1)OCO2. The molecule has 2 aromatic rings. The van der Waals surface area contributed by atoms with Crippen LogP contribution in [0.4, 0.5) is 5.69 Å². The van der Waals surface area contributed by atoms with Crippen LogP contribution in [0.3, 0.4) is 0 Å². The topological polar surface area (TPSA) is 77.4 Å². The van der Waals surface area contributed by atoms with E-state index in [1.54, 1.807) is 30.3 Å². The molecule has 3 heterocycles. The van der Waals surface area contributed by atoms with Crippen LogP contribution >= 0.6 is 23.2 Å². The first-order valence-electron chi connectivity index (χ1n) is 10.5. The highest BCUT2D eigenvalue weighted by Gasteiger charge is 2.70. The van der Waals surface area contributed by atoms with Crippen molar-refractivity contribution < 1.29 is 23.9 Å². The number of anilines is 1.